The maximum absolute atomic E-state index is 12.3. The number of carbonyl (C=O) groups is 1. The number of hydrogen-bond donors (Lipinski definition) is 3. The van der Waals surface area contributed by atoms with Crippen molar-refractivity contribution >= 4 is 55.3 Å². The first kappa shape index (κ1) is 21.7. The number of anilines is 2. The van der Waals surface area contributed by atoms with Crippen molar-refractivity contribution in [2.45, 2.75) is 37.5 Å². The maximum atomic E-state index is 12.3. The van der Waals surface area contributed by atoms with E-state index in [2.05, 4.69) is 15.4 Å². The normalized spacial score (nSPS) is 13.4. The lowest BCUT2D eigenvalue weighted by atomic mass is 9.95. The molecule has 0 saturated carbocycles. The van der Waals surface area contributed by atoms with E-state index >= 15 is 0 Å². The third-order valence-electron chi connectivity index (χ3n) is 4.54. The number of hydrogen-bond acceptors (Lipinski definition) is 6. The summed E-state index contributed by atoms with van der Waals surface area (Å²) in [6.07, 6.45) is 3.98. The molecule has 0 fully saturated rings. The van der Waals surface area contributed by atoms with Crippen LogP contribution < -0.4 is 15.4 Å². The van der Waals surface area contributed by atoms with Gasteiger partial charge in [-0.3, -0.25) is 0 Å². The van der Waals surface area contributed by atoms with Crippen LogP contribution in [0.1, 0.15) is 40.6 Å². The van der Waals surface area contributed by atoms with Crippen LogP contribution in [0.25, 0.3) is 0 Å². The summed E-state index contributed by atoms with van der Waals surface area (Å²) in [7, 11) is -2.13. The van der Waals surface area contributed by atoms with Crippen molar-refractivity contribution in [2.24, 2.45) is 0 Å². The van der Waals surface area contributed by atoms with Crippen molar-refractivity contribution in [3.63, 3.8) is 0 Å². The summed E-state index contributed by atoms with van der Waals surface area (Å²) in [6, 6.07) is 6.29. The van der Waals surface area contributed by atoms with E-state index in [-0.39, 0.29) is 10.9 Å². The van der Waals surface area contributed by atoms with Gasteiger partial charge in [0.1, 0.15) is 5.00 Å². The zero-order valence-electron chi connectivity index (χ0n) is 16.2. The standard InChI is InChI=1S/C19H23N3O4S3/c1-3-20-29(24,25)13-10-8-12(9-11-13)21-19(27)22-17-16(18(23)26-2)14-6-4-5-7-15(14)28-17/h8-11,20H,3-7H2,1-2H3,(H2,21,22,27). The number of ether oxygens (including phenoxy) is 1. The molecule has 3 rings (SSSR count). The summed E-state index contributed by atoms with van der Waals surface area (Å²) in [5.74, 6) is -0.368. The average molecular weight is 454 g/mol. The van der Waals surface area contributed by atoms with Gasteiger partial charge >= 0.3 is 5.97 Å². The van der Waals surface area contributed by atoms with E-state index in [0.29, 0.717) is 27.9 Å². The van der Waals surface area contributed by atoms with Crippen molar-refractivity contribution in [1.82, 2.24) is 4.72 Å². The number of benzene rings is 1. The first-order chi connectivity index (χ1) is 13.9. The van der Waals surface area contributed by atoms with E-state index in [4.69, 9.17) is 17.0 Å². The molecule has 1 aliphatic carbocycles. The summed E-state index contributed by atoms with van der Waals surface area (Å²) in [6.45, 7) is 2.05. The fourth-order valence-corrected chi connectivity index (χ4v) is 5.84. The molecule has 1 aromatic heterocycles. The van der Waals surface area contributed by atoms with Crippen LogP contribution in [0.15, 0.2) is 29.2 Å². The first-order valence-corrected chi connectivity index (χ1v) is 12.0. The highest BCUT2D eigenvalue weighted by atomic mass is 32.2. The lowest BCUT2D eigenvalue weighted by Crippen LogP contribution is -2.23. The summed E-state index contributed by atoms with van der Waals surface area (Å²) in [5, 5.41) is 7.12. The molecule has 29 heavy (non-hydrogen) atoms. The van der Waals surface area contributed by atoms with Gasteiger partial charge in [0.15, 0.2) is 5.11 Å². The molecule has 0 spiro atoms. The van der Waals surface area contributed by atoms with Gasteiger partial charge in [0.2, 0.25) is 10.0 Å². The SMILES string of the molecule is CCNS(=O)(=O)c1ccc(NC(=S)Nc2sc3c(c2C(=O)OC)CCCC3)cc1. The van der Waals surface area contributed by atoms with Gasteiger partial charge in [-0.25, -0.2) is 17.9 Å². The molecule has 0 aliphatic heterocycles. The quantitative estimate of drug-likeness (QED) is 0.455. The highest BCUT2D eigenvalue weighted by Crippen LogP contribution is 2.38. The molecule has 0 unspecified atom stereocenters. The third-order valence-corrected chi connectivity index (χ3v) is 7.52. The second-order valence-corrected chi connectivity index (χ2v) is 9.79. The number of sulfonamides is 1. The Bertz CT molecular complexity index is 1010. The van der Waals surface area contributed by atoms with Crippen LogP contribution in [-0.4, -0.2) is 33.2 Å². The Hall–Kier alpha value is -2.01. The number of thiophene rings is 1. The Balaban J connectivity index is 1.74. The zero-order valence-corrected chi connectivity index (χ0v) is 18.7. The molecule has 10 heteroatoms. The van der Waals surface area contributed by atoms with E-state index in [1.165, 1.54) is 35.5 Å². The molecule has 0 bridgehead atoms. The van der Waals surface area contributed by atoms with Crippen LogP contribution >= 0.6 is 23.6 Å². The monoisotopic (exact) mass is 453 g/mol. The number of aryl methyl sites for hydroxylation is 1. The topological polar surface area (TPSA) is 96.5 Å². The summed E-state index contributed by atoms with van der Waals surface area (Å²) < 4.78 is 31.5. The van der Waals surface area contributed by atoms with Crippen molar-refractivity contribution in [3.8, 4) is 0 Å². The van der Waals surface area contributed by atoms with Gasteiger partial charge in [0.05, 0.1) is 17.6 Å². The van der Waals surface area contributed by atoms with E-state index in [0.717, 1.165) is 31.2 Å². The number of nitrogens with one attached hydrogen (secondary N) is 3. The van der Waals surface area contributed by atoms with E-state index in [1.807, 2.05) is 0 Å². The predicted molar refractivity (Wildman–Crippen MR) is 119 cm³/mol. The number of thiocarbonyl (C=S) groups is 1. The van der Waals surface area contributed by atoms with Crippen LogP contribution in [0.3, 0.4) is 0 Å². The van der Waals surface area contributed by atoms with Gasteiger partial charge < -0.3 is 15.4 Å². The molecule has 0 atom stereocenters. The second-order valence-electron chi connectivity index (χ2n) is 6.51. The molecule has 156 valence electrons. The summed E-state index contributed by atoms with van der Waals surface area (Å²) in [5.41, 5.74) is 2.25. The van der Waals surface area contributed by atoms with Gasteiger partial charge in [0.25, 0.3) is 0 Å². The number of carbonyl (C=O) groups excluding carboxylic acids is 1. The van der Waals surface area contributed by atoms with Crippen LogP contribution in [0, 0.1) is 0 Å². The predicted octanol–water partition coefficient (Wildman–Crippen LogP) is 3.52. The number of esters is 1. The van der Waals surface area contributed by atoms with Crippen LogP contribution in [0.5, 0.6) is 0 Å². The third kappa shape index (κ3) is 4.95. The molecule has 2 aromatic rings. The van der Waals surface area contributed by atoms with Crippen molar-refractivity contribution in [2.75, 3.05) is 24.3 Å². The average Bonchev–Trinajstić information content (AvgIpc) is 3.05. The second kappa shape index (κ2) is 9.21. The molecule has 1 aromatic carbocycles. The molecular formula is C19H23N3O4S3. The fraction of sp³-hybridized carbons (Fsp3) is 0.368. The maximum Gasteiger partial charge on any atom is 0.341 e. The van der Waals surface area contributed by atoms with Crippen LogP contribution in [0.4, 0.5) is 10.7 Å². The molecule has 1 heterocycles. The molecule has 7 nitrogen and oxygen atoms in total. The summed E-state index contributed by atoms with van der Waals surface area (Å²) in [4.78, 5) is 13.7. The number of fused-ring (bicyclic) bond motifs is 1. The van der Waals surface area contributed by atoms with Crippen LogP contribution in [-0.2, 0) is 27.6 Å². The lowest BCUT2D eigenvalue weighted by Gasteiger charge is -2.13. The molecule has 1 aliphatic rings. The Morgan fingerprint density at radius 1 is 1.17 bits per heavy atom. The number of methoxy groups -OCH3 is 1. The lowest BCUT2D eigenvalue weighted by molar-refractivity contribution is 0.0601. The minimum absolute atomic E-state index is 0.183. The Morgan fingerprint density at radius 2 is 1.86 bits per heavy atom. The minimum atomic E-state index is -3.50. The molecular weight excluding hydrogens is 430 g/mol. The van der Waals surface area contributed by atoms with E-state index < -0.39 is 10.0 Å². The highest BCUT2D eigenvalue weighted by molar-refractivity contribution is 7.89. The molecule has 3 N–H and O–H groups in total. The van der Waals surface area contributed by atoms with Gasteiger partial charge in [-0.15, -0.1) is 11.3 Å². The Kier molecular flexibility index (Phi) is 6.89. The first-order valence-electron chi connectivity index (χ1n) is 9.26. The summed E-state index contributed by atoms with van der Waals surface area (Å²) >= 11 is 6.92. The van der Waals surface area contributed by atoms with Gasteiger partial charge in [0, 0.05) is 17.1 Å². The fourth-order valence-electron chi connectivity index (χ4n) is 3.23. The minimum Gasteiger partial charge on any atom is -0.465 e. The van der Waals surface area contributed by atoms with E-state index in [9.17, 15) is 13.2 Å². The van der Waals surface area contributed by atoms with Crippen molar-refractivity contribution in [3.05, 3.63) is 40.3 Å². The smallest absolute Gasteiger partial charge is 0.341 e. The Labute approximate surface area is 179 Å². The highest BCUT2D eigenvalue weighted by Gasteiger charge is 2.26. The van der Waals surface area contributed by atoms with Crippen LogP contribution in [0.2, 0.25) is 0 Å². The molecule has 0 amide bonds. The zero-order chi connectivity index (χ0) is 21.0. The van der Waals surface area contributed by atoms with E-state index in [1.54, 1.807) is 19.1 Å². The molecule has 0 saturated heterocycles. The van der Waals surface area contributed by atoms with Crippen molar-refractivity contribution < 1.29 is 17.9 Å². The Morgan fingerprint density at radius 3 is 2.52 bits per heavy atom. The van der Waals surface area contributed by atoms with Gasteiger partial charge in [-0.05, 0) is 67.7 Å². The van der Waals surface area contributed by atoms with Crippen molar-refractivity contribution in [1.29, 1.82) is 0 Å². The van der Waals surface area contributed by atoms with Gasteiger partial charge in [-0.1, -0.05) is 6.92 Å². The molecule has 0 radical (unpaired) electrons. The van der Waals surface area contributed by atoms with Gasteiger partial charge in [-0.2, -0.15) is 0 Å². The largest absolute Gasteiger partial charge is 0.465 e. The number of rotatable bonds is 6.